The average molecular weight is 180 g/mol. The number of aromatic nitrogens is 1. The van der Waals surface area contributed by atoms with Crippen LogP contribution in [-0.4, -0.2) is 28.7 Å². The monoisotopic (exact) mass is 180 g/mol. The lowest BCUT2D eigenvalue weighted by Gasteiger charge is -2.23. The minimum absolute atomic E-state index is 0.249. The molecule has 0 aromatic carbocycles. The fraction of sp³-hybridized carbons (Fsp3) is 0.250. The van der Waals surface area contributed by atoms with Crippen LogP contribution in [0, 0.1) is 0 Å². The fourth-order valence-corrected chi connectivity index (χ4v) is 1.14. The molecule has 2 N–H and O–H groups in total. The predicted molar refractivity (Wildman–Crippen MR) is 44.8 cm³/mol. The van der Waals surface area contributed by atoms with Gasteiger partial charge in [-0.15, -0.1) is 0 Å². The summed E-state index contributed by atoms with van der Waals surface area (Å²) in [6.07, 6.45) is 0.799. The zero-order valence-corrected chi connectivity index (χ0v) is 6.73. The molecule has 0 fully saturated rings. The first-order valence-corrected chi connectivity index (χ1v) is 3.86. The van der Waals surface area contributed by atoms with Crippen molar-refractivity contribution in [3.05, 3.63) is 18.3 Å². The quantitative estimate of drug-likeness (QED) is 0.652. The zero-order valence-electron chi connectivity index (χ0n) is 6.73. The molecular formula is C8H8N2O3. The molecule has 0 spiro atoms. The number of aliphatic carboxylic acids is 1. The molecule has 0 amide bonds. The first-order valence-electron chi connectivity index (χ1n) is 3.86. The van der Waals surface area contributed by atoms with E-state index in [4.69, 9.17) is 9.84 Å². The molecular weight excluding hydrogens is 172 g/mol. The van der Waals surface area contributed by atoms with Gasteiger partial charge in [0, 0.05) is 6.20 Å². The van der Waals surface area contributed by atoms with E-state index >= 15 is 0 Å². The third-order valence-corrected chi connectivity index (χ3v) is 1.77. The molecule has 68 valence electrons. The highest BCUT2D eigenvalue weighted by Crippen LogP contribution is 2.25. The number of anilines is 1. The minimum Gasteiger partial charge on any atom is -0.478 e. The lowest BCUT2D eigenvalue weighted by atomic mass is 10.3. The fourth-order valence-electron chi connectivity index (χ4n) is 1.14. The predicted octanol–water partition coefficient (Wildman–Crippen LogP) is 0.339. The van der Waals surface area contributed by atoms with Crippen LogP contribution < -0.4 is 10.1 Å². The molecule has 1 atom stereocenters. The van der Waals surface area contributed by atoms with Crippen LogP contribution in [-0.2, 0) is 4.79 Å². The van der Waals surface area contributed by atoms with E-state index in [-0.39, 0.29) is 6.54 Å². The summed E-state index contributed by atoms with van der Waals surface area (Å²) in [5.41, 5.74) is 0. The Morgan fingerprint density at radius 2 is 2.62 bits per heavy atom. The first-order chi connectivity index (χ1) is 6.27. The Labute approximate surface area is 74.4 Å². The second-order valence-corrected chi connectivity index (χ2v) is 2.68. The van der Waals surface area contributed by atoms with Crippen molar-refractivity contribution in [2.45, 2.75) is 6.10 Å². The molecule has 1 unspecified atom stereocenters. The number of hydrogen-bond acceptors (Lipinski definition) is 4. The van der Waals surface area contributed by atoms with E-state index in [0.29, 0.717) is 11.6 Å². The third kappa shape index (κ3) is 1.40. The van der Waals surface area contributed by atoms with Gasteiger partial charge < -0.3 is 15.2 Å². The number of nitrogens with one attached hydrogen (secondary N) is 1. The molecule has 13 heavy (non-hydrogen) atoms. The van der Waals surface area contributed by atoms with E-state index in [2.05, 4.69) is 10.3 Å². The van der Waals surface area contributed by atoms with Crippen LogP contribution in [0.3, 0.4) is 0 Å². The molecule has 0 bridgehead atoms. The highest BCUT2D eigenvalue weighted by molar-refractivity contribution is 5.75. The standard InChI is InChI=1S/C8H8N2O3/c11-8(12)6-4-10-7-5(13-6)2-1-3-9-7/h1-3,6H,4H2,(H,9,10)(H,11,12). The Hall–Kier alpha value is -1.78. The first kappa shape index (κ1) is 7.85. The molecule has 1 aromatic heterocycles. The second-order valence-electron chi connectivity index (χ2n) is 2.68. The van der Waals surface area contributed by atoms with Crippen molar-refractivity contribution in [1.82, 2.24) is 4.98 Å². The number of ether oxygens (including phenoxy) is 1. The van der Waals surface area contributed by atoms with Crippen molar-refractivity contribution in [2.75, 3.05) is 11.9 Å². The Morgan fingerprint density at radius 3 is 3.38 bits per heavy atom. The maximum atomic E-state index is 10.6. The summed E-state index contributed by atoms with van der Waals surface area (Å²) in [5, 5.41) is 11.6. The average Bonchev–Trinajstić information content (AvgIpc) is 2.17. The van der Waals surface area contributed by atoms with Gasteiger partial charge in [-0.25, -0.2) is 9.78 Å². The van der Waals surface area contributed by atoms with Crippen molar-refractivity contribution in [3.63, 3.8) is 0 Å². The summed E-state index contributed by atoms with van der Waals surface area (Å²) < 4.78 is 5.17. The maximum Gasteiger partial charge on any atom is 0.346 e. The van der Waals surface area contributed by atoms with Crippen LogP contribution in [0.5, 0.6) is 5.75 Å². The van der Waals surface area contributed by atoms with E-state index < -0.39 is 12.1 Å². The van der Waals surface area contributed by atoms with Crippen LogP contribution in [0.15, 0.2) is 18.3 Å². The molecule has 5 heteroatoms. The summed E-state index contributed by atoms with van der Waals surface area (Å²) in [6, 6.07) is 3.38. The lowest BCUT2D eigenvalue weighted by molar-refractivity contribution is -0.144. The van der Waals surface area contributed by atoms with Gasteiger partial charge >= 0.3 is 5.97 Å². The van der Waals surface area contributed by atoms with Crippen molar-refractivity contribution >= 4 is 11.8 Å². The normalized spacial score (nSPS) is 19.5. The molecule has 5 nitrogen and oxygen atoms in total. The summed E-state index contributed by atoms with van der Waals surface area (Å²) in [6.45, 7) is 0.249. The van der Waals surface area contributed by atoms with Gasteiger partial charge in [-0.3, -0.25) is 0 Å². The molecule has 1 aromatic rings. The van der Waals surface area contributed by atoms with Gasteiger partial charge in [0.15, 0.2) is 11.6 Å². The van der Waals surface area contributed by atoms with E-state index in [1.54, 1.807) is 18.3 Å². The van der Waals surface area contributed by atoms with Crippen molar-refractivity contribution in [2.24, 2.45) is 0 Å². The van der Waals surface area contributed by atoms with Crippen LogP contribution in [0.4, 0.5) is 5.82 Å². The van der Waals surface area contributed by atoms with Crippen molar-refractivity contribution in [1.29, 1.82) is 0 Å². The van der Waals surface area contributed by atoms with Gasteiger partial charge in [0.1, 0.15) is 0 Å². The molecule has 1 aliphatic heterocycles. The molecule has 2 rings (SSSR count). The number of carboxylic acid groups (broad SMARTS) is 1. The Kier molecular flexibility index (Phi) is 1.77. The Morgan fingerprint density at radius 1 is 1.77 bits per heavy atom. The van der Waals surface area contributed by atoms with E-state index in [9.17, 15) is 4.79 Å². The van der Waals surface area contributed by atoms with Gasteiger partial charge in [0.25, 0.3) is 0 Å². The number of rotatable bonds is 1. The van der Waals surface area contributed by atoms with Gasteiger partial charge in [0.2, 0.25) is 6.10 Å². The minimum atomic E-state index is -0.970. The molecule has 0 saturated heterocycles. The number of pyridine rings is 1. The molecule has 0 aliphatic carbocycles. The van der Waals surface area contributed by atoms with Crippen LogP contribution in [0.25, 0.3) is 0 Å². The summed E-state index contributed by atoms with van der Waals surface area (Å²) in [5.74, 6) is 0.114. The topological polar surface area (TPSA) is 71.5 Å². The van der Waals surface area contributed by atoms with E-state index in [1.165, 1.54) is 0 Å². The van der Waals surface area contributed by atoms with Crippen molar-refractivity contribution < 1.29 is 14.6 Å². The summed E-state index contributed by atoms with van der Waals surface area (Å²) in [4.78, 5) is 14.6. The zero-order chi connectivity index (χ0) is 9.26. The number of carboxylic acids is 1. The largest absolute Gasteiger partial charge is 0.478 e. The van der Waals surface area contributed by atoms with E-state index in [1.807, 2.05) is 0 Å². The molecule has 0 radical (unpaired) electrons. The number of carbonyl (C=O) groups is 1. The van der Waals surface area contributed by atoms with Crippen molar-refractivity contribution in [3.8, 4) is 5.75 Å². The van der Waals surface area contributed by atoms with Gasteiger partial charge in [-0.2, -0.15) is 0 Å². The third-order valence-electron chi connectivity index (χ3n) is 1.77. The number of nitrogens with zero attached hydrogens (tertiary/aromatic N) is 1. The highest BCUT2D eigenvalue weighted by atomic mass is 16.5. The second kappa shape index (κ2) is 2.93. The summed E-state index contributed by atoms with van der Waals surface area (Å²) in [7, 11) is 0. The SMILES string of the molecule is O=C(O)C1CNc2ncccc2O1. The van der Waals surface area contributed by atoms with Crippen LogP contribution >= 0.6 is 0 Å². The lowest BCUT2D eigenvalue weighted by Crippen LogP contribution is -2.37. The number of fused-ring (bicyclic) bond motifs is 1. The molecule has 2 heterocycles. The Balaban J connectivity index is 2.24. The Bertz CT molecular complexity index is 340. The number of hydrogen-bond donors (Lipinski definition) is 2. The molecule has 0 saturated carbocycles. The molecule has 1 aliphatic rings. The maximum absolute atomic E-state index is 10.6. The van der Waals surface area contributed by atoms with Gasteiger partial charge in [-0.1, -0.05) is 0 Å². The van der Waals surface area contributed by atoms with Gasteiger partial charge in [-0.05, 0) is 12.1 Å². The van der Waals surface area contributed by atoms with Crippen LogP contribution in [0.2, 0.25) is 0 Å². The smallest absolute Gasteiger partial charge is 0.346 e. The van der Waals surface area contributed by atoms with E-state index in [0.717, 1.165) is 0 Å². The highest BCUT2D eigenvalue weighted by Gasteiger charge is 2.25. The van der Waals surface area contributed by atoms with Crippen LogP contribution in [0.1, 0.15) is 0 Å². The van der Waals surface area contributed by atoms with Gasteiger partial charge in [0.05, 0.1) is 6.54 Å². The summed E-state index contributed by atoms with van der Waals surface area (Å²) >= 11 is 0.